The molecule has 2 heterocycles. The van der Waals surface area contributed by atoms with E-state index < -0.39 is 0 Å². The monoisotopic (exact) mass is 449 g/mol. The zero-order valence-corrected chi connectivity index (χ0v) is 19.7. The highest BCUT2D eigenvalue weighted by Crippen LogP contribution is 2.60. The first kappa shape index (κ1) is 20.7. The van der Waals surface area contributed by atoms with Crippen LogP contribution in [0.4, 0.5) is 9.80 Å². The number of piperidine rings is 1. The molecule has 0 radical (unpaired) electrons. The van der Waals surface area contributed by atoms with Crippen LogP contribution in [0.5, 0.6) is 0 Å². The van der Waals surface area contributed by atoms with E-state index in [4.69, 9.17) is 0 Å². The number of nitrogens with one attached hydrogen (secondary N) is 2. The predicted octanol–water partition coefficient (Wildman–Crippen LogP) is 6.22. The number of carbonyl (C=O) groups excluding carboxylic acids is 1. The van der Waals surface area contributed by atoms with Crippen LogP contribution in [-0.4, -0.2) is 36.6 Å². The molecule has 170 valence electrons. The normalized spacial score (nSPS) is 32.2. The lowest BCUT2D eigenvalue weighted by molar-refractivity contribution is -0.0715. The highest BCUT2D eigenvalue weighted by atomic mass is 32.1. The standard InChI is InChI=1S/C27H35N3OS/c31-26(29-25-7-6-24(32-25)22-4-2-1-3-5-22)28-23-8-10-30(11-9-23)18-27-15-19-12-20(16-27)14-21(13-19)17-27/h1-7,19-21,23H,8-18H2,(H2,28,29,31). The molecule has 0 unspecified atom stereocenters. The summed E-state index contributed by atoms with van der Waals surface area (Å²) < 4.78 is 0. The van der Waals surface area contributed by atoms with Crippen LogP contribution in [-0.2, 0) is 0 Å². The molecule has 4 saturated carbocycles. The van der Waals surface area contributed by atoms with E-state index in [9.17, 15) is 4.79 Å². The molecule has 1 aromatic heterocycles. The molecule has 1 aromatic carbocycles. The van der Waals surface area contributed by atoms with Gasteiger partial charge in [0.15, 0.2) is 0 Å². The number of carbonyl (C=O) groups is 1. The number of likely N-dealkylation sites (tertiary alicyclic amines) is 1. The molecule has 2 aromatic rings. The van der Waals surface area contributed by atoms with E-state index in [1.54, 1.807) is 11.3 Å². The minimum absolute atomic E-state index is 0.0639. The van der Waals surface area contributed by atoms with Crippen LogP contribution >= 0.6 is 11.3 Å². The van der Waals surface area contributed by atoms with E-state index in [-0.39, 0.29) is 12.1 Å². The van der Waals surface area contributed by atoms with Crippen molar-refractivity contribution in [2.75, 3.05) is 25.0 Å². The van der Waals surface area contributed by atoms with Crippen LogP contribution in [0, 0.1) is 23.2 Å². The summed E-state index contributed by atoms with van der Waals surface area (Å²) in [6, 6.07) is 14.6. The maximum absolute atomic E-state index is 12.6. The van der Waals surface area contributed by atoms with Gasteiger partial charge in [-0.1, -0.05) is 30.3 Å². The Morgan fingerprint density at radius 2 is 1.59 bits per heavy atom. The molecule has 1 aliphatic heterocycles. The fraction of sp³-hybridized carbons (Fsp3) is 0.593. The highest BCUT2D eigenvalue weighted by molar-refractivity contribution is 7.19. The molecular weight excluding hydrogens is 414 g/mol. The van der Waals surface area contributed by atoms with E-state index in [0.29, 0.717) is 5.41 Å². The first-order chi connectivity index (χ1) is 15.6. The van der Waals surface area contributed by atoms with E-state index in [2.05, 4.69) is 33.7 Å². The number of urea groups is 1. The Hall–Kier alpha value is -1.85. The zero-order chi connectivity index (χ0) is 21.5. The third kappa shape index (κ3) is 4.34. The molecule has 5 heteroatoms. The van der Waals surface area contributed by atoms with Crippen molar-refractivity contribution in [3.63, 3.8) is 0 Å². The number of anilines is 1. The van der Waals surface area contributed by atoms with Gasteiger partial charge >= 0.3 is 6.03 Å². The number of hydrogen-bond acceptors (Lipinski definition) is 3. The van der Waals surface area contributed by atoms with Crippen molar-refractivity contribution < 1.29 is 4.79 Å². The maximum Gasteiger partial charge on any atom is 0.320 e. The second-order valence-corrected chi connectivity index (χ2v) is 12.2. The Bertz CT molecular complexity index is 912. The summed E-state index contributed by atoms with van der Waals surface area (Å²) in [4.78, 5) is 16.5. The van der Waals surface area contributed by atoms with Gasteiger partial charge in [0.2, 0.25) is 0 Å². The largest absolute Gasteiger partial charge is 0.335 e. The van der Waals surface area contributed by atoms with Crippen molar-refractivity contribution in [2.45, 2.75) is 57.4 Å². The van der Waals surface area contributed by atoms with Gasteiger partial charge in [0, 0.05) is 30.6 Å². The molecule has 4 aliphatic carbocycles. The van der Waals surface area contributed by atoms with Crippen molar-refractivity contribution in [3.05, 3.63) is 42.5 Å². The van der Waals surface area contributed by atoms with Gasteiger partial charge < -0.3 is 10.2 Å². The number of amides is 2. The molecule has 0 spiro atoms. The van der Waals surface area contributed by atoms with Crippen molar-refractivity contribution in [3.8, 4) is 10.4 Å². The van der Waals surface area contributed by atoms with Crippen LogP contribution in [0.25, 0.3) is 10.4 Å². The smallest absolute Gasteiger partial charge is 0.320 e. The molecule has 4 bridgehead atoms. The van der Waals surface area contributed by atoms with Gasteiger partial charge in [-0.25, -0.2) is 4.79 Å². The van der Waals surface area contributed by atoms with Crippen molar-refractivity contribution in [1.82, 2.24) is 10.2 Å². The minimum Gasteiger partial charge on any atom is -0.335 e. The quantitative estimate of drug-likeness (QED) is 0.569. The van der Waals surface area contributed by atoms with Crippen molar-refractivity contribution >= 4 is 22.4 Å². The molecule has 4 nitrogen and oxygen atoms in total. The average Bonchev–Trinajstić information content (AvgIpc) is 3.23. The van der Waals surface area contributed by atoms with Gasteiger partial charge in [-0.2, -0.15) is 0 Å². The van der Waals surface area contributed by atoms with Crippen molar-refractivity contribution in [2.24, 2.45) is 23.2 Å². The average molecular weight is 450 g/mol. The summed E-state index contributed by atoms with van der Waals surface area (Å²) in [5.41, 5.74) is 1.82. The second-order valence-electron chi connectivity index (χ2n) is 11.1. The molecule has 1 saturated heterocycles. The first-order valence-electron chi connectivity index (χ1n) is 12.6. The predicted molar refractivity (Wildman–Crippen MR) is 132 cm³/mol. The SMILES string of the molecule is O=C(Nc1ccc(-c2ccccc2)s1)NC1CCN(CC23CC4CC(CC(C4)C2)C3)CC1. The summed E-state index contributed by atoms with van der Waals surface area (Å²) in [7, 11) is 0. The third-order valence-corrected chi connectivity index (χ3v) is 9.60. The number of rotatable bonds is 5. The van der Waals surface area contributed by atoms with Gasteiger partial charge in [-0.3, -0.25) is 5.32 Å². The second kappa shape index (κ2) is 8.49. The van der Waals surface area contributed by atoms with Crippen molar-refractivity contribution in [1.29, 1.82) is 0 Å². The van der Waals surface area contributed by atoms with Gasteiger partial charge in [0.25, 0.3) is 0 Å². The topological polar surface area (TPSA) is 44.4 Å². The summed E-state index contributed by atoms with van der Waals surface area (Å²) >= 11 is 1.63. The van der Waals surface area contributed by atoms with Gasteiger partial charge in [0.05, 0.1) is 5.00 Å². The molecule has 2 amide bonds. The maximum atomic E-state index is 12.6. The first-order valence-corrected chi connectivity index (χ1v) is 13.4. The van der Waals surface area contributed by atoms with Gasteiger partial charge in [-0.15, -0.1) is 11.3 Å². The Labute approximate surface area is 195 Å². The summed E-state index contributed by atoms with van der Waals surface area (Å²) in [5, 5.41) is 7.18. The Kier molecular flexibility index (Phi) is 5.50. The zero-order valence-electron chi connectivity index (χ0n) is 18.9. The van der Waals surface area contributed by atoms with E-state index in [0.717, 1.165) is 48.7 Å². The van der Waals surface area contributed by atoms with Crippen LogP contribution < -0.4 is 10.6 Å². The lowest BCUT2D eigenvalue weighted by Crippen LogP contribution is -2.53. The molecule has 2 N–H and O–H groups in total. The number of nitrogens with zero attached hydrogens (tertiary/aromatic N) is 1. The fourth-order valence-corrected chi connectivity index (χ4v) is 8.60. The summed E-state index contributed by atoms with van der Waals surface area (Å²) in [6.45, 7) is 3.57. The van der Waals surface area contributed by atoms with Crippen LogP contribution in [0.2, 0.25) is 0 Å². The van der Waals surface area contributed by atoms with E-state index in [1.165, 1.54) is 55.5 Å². The molecule has 5 aliphatic rings. The minimum atomic E-state index is -0.0639. The lowest BCUT2D eigenvalue weighted by atomic mass is 9.49. The molecule has 32 heavy (non-hydrogen) atoms. The van der Waals surface area contributed by atoms with Crippen LogP contribution in [0.3, 0.4) is 0 Å². The van der Waals surface area contributed by atoms with Crippen LogP contribution in [0.1, 0.15) is 51.4 Å². The summed E-state index contributed by atoms with van der Waals surface area (Å²) in [6.07, 6.45) is 11.2. The number of hydrogen-bond donors (Lipinski definition) is 2. The third-order valence-electron chi connectivity index (χ3n) is 8.55. The fourth-order valence-electron chi connectivity index (χ4n) is 7.69. The molecule has 0 atom stereocenters. The van der Waals surface area contributed by atoms with Gasteiger partial charge in [-0.05, 0) is 92.2 Å². The summed E-state index contributed by atoms with van der Waals surface area (Å²) in [5.74, 6) is 3.09. The molecule has 5 fully saturated rings. The Morgan fingerprint density at radius 1 is 0.938 bits per heavy atom. The number of benzene rings is 1. The molecular formula is C27H35N3OS. The van der Waals surface area contributed by atoms with Gasteiger partial charge in [0.1, 0.15) is 0 Å². The highest BCUT2D eigenvalue weighted by Gasteiger charge is 2.51. The Balaban J connectivity index is 0.977. The molecule has 7 rings (SSSR count). The van der Waals surface area contributed by atoms with Crippen LogP contribution in [0.15, 0.2) is 42.5 Å². The number of thiophene rings is 1. The lowest BCUT2D eigenvalue weighted by Gasteiger charge is -2.58. The van der Waals surface area contributed by atoms with E-state index in [1.807, 2.05) is 24.3 Å². The van der Waals surface area contributed by atoms with E-state index >= 15 is 0 Å². The Morgan fingerprint density at radius 3 is 2.25 bits per heavy atom.